The summed E-state index contributed by atoms with van der Waals surface area (Å²) >= 11 is 0. The third-order valence-electron chi connectivity index (χ3n) is 5.49. The van der Waals surface area contributed by atoms with Gasteiger partial charge in [-0.1, -0.05) is 24.8 Å². The fraction of sp³-hybridized carbons (Fsp3) is 0.273. The minimum Gasteiger partial charge on any atom is -0.508 e. The third-order valence-corrected chi connectivity index (χ3v) is 5.49. The number of carbonyl (C=O) groups excluding carboxylic acids is 2. The van der Waals surface area contributed by atoms with E-state index < -0.39 is 0 Å². The highest BCUT2D eigenvalue weighted by Gasteiger charge is 2.29. The highest BCUT2D eigenvalue weighted by Crippen LogP contribution is 2.37. The molecule has 2 amide bonds. The monoisotopic (exact) mass is 362 g/mol. The van der Waals surface area contributed by atoms with Gasteiger partial charge >= 0.3 is 0 Å². The molecule has 0 bridgehead atoms. The van der Waals surface area contributed by atoms with Crippen molar-refractivity contribution in [1.82, 2.24) is 5.32 Å². The molecule has 2 N–H and O–H groups in total. The Morgan fingerprint density at radius 3 is 2.78 bits per heavy atom. The Kier molecular flexibility index (Phi) is 4.44. The van der Waals surface area contributed by atoms with E-state index in [2.05, 4.69) is 11.9 Å². The molecule has 1 unspecified atom stereocenters. The van der Waals surface area contributed by atoms with Crippen LogP contribution in [0.5, 0.6) is 5.75 Å². The van der Waals surface area contributed by atoms with Gasteiger partial charge in [-0.05, 0) is 66.6 Å². The molecule has 1 aliphatic heterocycles. The first kappa shape index (κ1) is 17.3. The zero-order valence-electron chi connectivity index (χ0n) is 15.1. The lowest BCUT2D eigenvalue weighted by Gasteiger charge is -2.30. The molecule has 2 aromatic rings. The van der Waals surface area contributed by atoms with Gasteiger partial charge in [0.25, 0.3) is 5.91 Å². The van der Waals surface area contributed by atoms with Gasteiger partial charge in [-0.15, -0.1) is 0 Å². The number of fused-ring (bicyclic) bond motifs is 2. The van der Waals surface area contributed by atoms with E-state index in [9.17, 15) is 14.7 Å². The SMILES string of the molecule is C=CC(=O)N1CCCc2c(C(=O)NC3CCc4c(O)cccc43)cccc21. The molecule has 4 rings (SSSR count). The second-order valence-electron chi connectivity index (χ2n) is 7.01. The van der Waals surface area contributed by atoms with E-state index in [0.717, 1.165) is 48.1 Å². The molecular weight excluding hydrogens is 340 g/mol. The molecule has 0 saturated carbocycles. The largest absolute Gasteiger partial charge is 0.508 e. The van der Waals surface area contributed by atoms with Crippen LogP contribution in [0, 0.1) is 0 Å². The van der Waals surface area contributed by atoms with Crippen molar-refractivity contribution >= 4 is 17.5 Å². The smallest absolute Gasteiger partial charge is 0.252 e. The van der Waals surface area contributed by atoms with Crippen LogP contribution in [0.2, 0.25) is 0 Å². The van der Waals surface area contributed by atoms with Crippen LogP contribution in [0.4, 0.5) is 5.69 Å². The van der Waals surface area contributed by atoms with E-state index in [1.165, 1.54) is 6.08 Å². The van der Waals surface area contributed by atoms with E-state index in [4.69, 9.17) is 0 Å². The predicted molar refractivity (Wildman–Crippen MR) is 104 cm³/mol. The number of phenolic OH excluding ortho intramolecular Hbond substituents is 1. The predicted octanol–water partition coefficient (Wildman–Crippen LogP) is 3.27. The first-order chi connectivity index (χ1) is 13.1. The van der Waals surface area contributed by atoms with Crippen LogP contribution in [-0.4, -0.2) is 23.5 Å². The standard InChI is InChI=1S/C22H22N2O3/c1-2-21(26)24-13-5-8-15-17(7-3-9-19(15)24)22(27)23-18-12-11-16-14(18)6-4-10-20(16)25/h2-4,6-7,9-10,18,25H,1,5,8,11-13H2,(H,23,27). The number of hydrogen-bond donors (Lipinski definition) is 2. The number of anilines is 1. The van der Waals surface area contributed by atoms with E-state index in [0.29, 0.717) is 17.9 Å². The van der Waals surface area contributed by atoms with E-state index in [-0.39, 0.29) is 17.9 Å². The van der Waals surface area contributed by atoms with Crippen molar-refractivity contribution in [2.24, 2.45) is 0 Å². The quantitative estimate of drug-likeness (QED) is 0.824. The Labute approximate surface area is 158 Å². The number of rotatable bonds is 3. The van der Waals surface area contributed by atoms with Crippen molar-refractivity contribution in [3.05, 3.63) is 71.3 Å². The van der Waals surface area contributed by atoms with Crippen LogP contribution < -0.4 is 10.2 Å². The summed E-state index contributed by atoms with van der Waals surface area (Å²) in [7, 11) is 0. The molecule has 1 atom stereocenters. The Balaban J connectivity index is 1.62. The molecular formula is C22H22N2O3. The van der Waals surface area contributed by atoms with Gasteiger partial charge in [0.15, 0.2) is 0 Å². The van der Waals surface area contributed by atoms with Gasteiger partial charge < -0.3 is 15.3 Å². The Bertz CT molecular complexity index is 935. The van der Waals surface area contributed by atoms with Gasteiger partial charge in [-0.25, -0.2) is 0 Å². The maximum atomic E-state index is 13.0. The summed E-state index contributed by atoms with van der Waals surface area (Å²) in [5, 5.41) is 13.1. The van der Waals surface area contributed by atoms with Crippen molar-refractivity contribution in [2.45, 2.75) is 31.7 Å². The van der Waals surface area contributed by atoms with Crippen molar-refractivity contribution in [3.8, 4) is 5.75 Å². The van der Waals surface area contributed by atoms with Crippen LogP contribution in [0.3, 0.4) is 0 Å². The van der Waals surface area contributed by atoms with Crippen LogP contribution >= 0.6 is 0 Å². The molecule has 27 heavy (non-hydrogen) atoms. The fourth-order valence-electron chi connectivity index (χ4n) is 4.20. The third kappa shape index (κ3) is 2.99. The molecule has 1 aliphatic carbocycles. The Morgan fingerprint density at radius 1 is 1.15 bits per heavy atom. The van der Waals surface area contributed by atoms with Gasteiger partial charge in [0.2, 0.25) is 5.91 Å². The summed E-state index contributed by atoms with van der Waals surface area (Å²) in [6.07, 6.45) is 4.42. The lowest BCUT2D eigenvalue weighted by molar-refractivity contribution is -0.114. The highest BCUT2D eigenvalue weighted by atomic mass is 16.3. The van der Waals surface area contributed by atoms with Crippen molar-refractivity contribution < 1.29 is 14.7 Å². The second kappa shape index (κ2) is 6.91. The summed E-state index contributed by atoms with van der Waals surface area (Å²) < 4.78 is 0. The second-order valence-corrected chi connectivity index (χ2v) is 7.01. The van der Waals surface area contributed by atoms with Gasteiger partial charge in [-0.2, -0.15) is 0 Å². The number of hydrogen-bond acceptors (Lipinski definition) is 3. The molecule has 0 radical (unpaired) electrons. The maximum absolute atomic E-state index is 13.0. The zero-order chi connectivity index (χ0) is 19.0. The van der Waals surface area contributed by atoms with Crippen LogP contribution in [0.1, 0.15) is 45.9 Å². The van der Waals surface area contributed by atoms with Gasteiger partial charge in [-0.3, -0.25) is 9.59 Å². The summed E-state index contributed by atoms with van der Waals surface area (Å²) in [5.74, 6) is 0.00886. The van der Waals surface area contributed by atoms with Gasteiger partial charge in [0.05, 0.1) is 6.04 Å². The Hall–Kier alpha value is -3.08. The molecule has 0 spiro atoms. The zero-order valence-corrected chi connectivity index (χ0v) is 15.1. The molecule has 138 valence electrons. The van der Waals surface area contributed by atoms with Crippen LogP contribution in [-0.2, 0) is 17.6 Å². The topological polar surface area (TPSA) is 69.6 Å². The number of nitrogens with one attached hydrogen (secondary N) is 1. The van der Waals surface area contributed by atoms with E-state index in [1.807, 2.05) is 30.3 Å². The van der Waals surface area contributed by atoms with Gasteiger partial charge in [0.1, 0.15) is 5.75 Å². The lowest BCUT2D eigenvalue weighted by atomic mass is 9.95. The van der Waals surface area contributed by atoms with Crippen molar-refractivity contribution in [1.29, 1.82) is 0 Å². The van der Waals surface area contributed by atoms with E-state index in [1.54, 1.807) is 11.0 Å². The molecule has 5 nitrogen and oxygen atoms in total. The van der Waals surface area contributed by atoms with Crippen molar-refractivity contribution in [3.63, 3.8) is 0 Å². The van der Waals surface area contributed by atoms with E-state index >= 15 is 0 Å². The fourth-order valence-corrected chi connectivity index (χ4v) is 4.20. The molecule has 0 fully saturated rings. The lowest BCUT2D eigenvalue weighted by Crippen LogP contribution is -2.36. The first-order valence-electron chi connectivity index (χ1n) is 9.27. The Morgan fingerprint density at radius 2 is 1.96 bits per heavy atom. The number of phenols is 1. The minimum absolute atomic E-state index is 0.107. The van der Waals surface area contributed by atoms with Crippen LogP contribution in [0.15, 0.2) is 49.1 Å². The normalized spacial score (nSPS) is 17.8. The number of nitrogens with zero attached hydrogens (tertiary/aromatic N) is 1. The summed E-state index contributed by atoms with van der Waals surface area (Å²) in [5.41, 5.74) is 4.22. The summed E-state index contributed by atoms with van der Waals surface area (Å²) in [6, 6.07) is 10.9. The summed E-state index contributed by atoms with van der Waals surface area (Å²) in [4.78, 5) is 26.8. The van der Waals surface area contributed by atoms with Crippen LogP contribution in [0.25, 0.3) is 0 Å². The number of aromatic hydroxyl groups is 1. The van der Waals surface area contributed by atoms with Gasteiger partial charge in [0, 0.05) is 17.8 Å². The molecule has 5 heteroatoms. The molecule has 2 aromatic carbocycles. The summed E-state index contributed by atoms with van der Waals surface area (Å²) in [6.45, 7) is 4.21. The molecule has 2 aliphatic rings. The minimum atomic E-state index is -0.145. The average Bonchev–Trinajstić information content (AvgIpc) is 3.10. The molecule has 0 saturated heterocycles. The maximum Gasteiger partial charge on any atom is 0.252 e. The number of amides is 2. The number of benzene rings is 2. The molecule has 1 heterocycles. The van der Waals surface area contributed by atoms with Crippen molar-refractivity contribution in [2.75, 3.05) is 11.4 Å². The average molecular weight is 362 g/mol. The number of carbonyl (C=O) groups is 2. The highest BCUT2D eigenvalue weighted by molar-refractivity contribution is 6.04. The first-order valence-corrected chi connectivity index (χ1v) is 9.27. The molecule has 0 aromatic heterocycles.